The summed E-state index contributed by atoms with van der Waals surface area (Å²) in [6.45, 7) is 1.43. The number of nitrogens with zero attached hydrogens (tertiary/aromatic N) is 1. The van der Waals surface area contributed by atoms with Crippen molar-refractivity contribution in [1.82, 2.24) is 0 Å². The van der Waals surface area contributed by atoms with Gasteiger partial charge in [0, 0.05) is 17.8 Å². The maximum absolute atomic E-state index is 9.40. The van der Waals surface area contributed by atoms with Crippen LogP contribution in [0.15, 0.2) is 72.8 Å². The van der Waals surface area contributed by atoms with E-state index in [1.807, 2.05) is 30.3 Å². The number of phenolic OH excluding ortho intramolecular Hbond substituents is 1. The van der Waals surface area contributed by atoms with Gasteiger partial charge >= 0.3 is 0 Å². The molecule has 3 aromatic carbocycles. The van der Waals surface area contributed by atoms with Gasteiger partial charge in [0.15, 0.2) is 6.73 Å². The third-order valence-electron chi connectivity index (χ3n) is 4.33. The van der Waals surface area contributed by atoms with Crippen molar-refractivity contribution in [1.29, 1.82) is 0 Å². The molecule has 120 valence electrons. The molecule has 0 amide bonds. The highest BCUT2D eigenvalue weighted by atomic mass is 16.5. The molecule has 0 saturated carbocycles. The molecule has 3 nitrogen and oxygen atoms in total. The molecule has 0 unspecified atom stereocenters. The number of phenols is 1. The Morgan fingerprint density at radius 2 is 1.62 bits per heavy atom. The highest BCUT2D eigenvalue weighted by Gasteiger charge is 2.17. The van der Waals surface area contributed by atoms with Gasteiger partial charge in [0.05, 0.1) is 0 Å². The number of fused-ring (bicyclic) bond motifs is 1. The minimum absolute atomic E-state index is 0.302. The molecule has 0 saturated heterocycles. The van der Waals surface area contributed by atoms with Crippen LogP contribution in [-0.2, 0) is 13.0 Å². The Morgan fingerprint density at radius 3 is 2.42 bits per heavy atom. The first-order valence-corrected chi connectivity index (χ1v) is 8.10. The fourth-order valence-electron chi connectivity index (χ4n) is 3.06. The molecule has 3 aromatic rings. The van der Waals surface area contributed by atoms with E-state index in [1.54, 1.807) is 12.1 Å². The maximum atomic E-state index is 9.40. The Labute approximate surface area is 141 Å². The third kappa shape index (κ3) is 3.06. The van der Waals surface area contributed by atoms with E-state index in [0.717, 1.165) is 18.7 Å². The Morgan fingerprint density at radius 1 is 0.875 bits per heavy atom. The lowest BCUT2D eigenvalue weighted by Gasteiger charge is -2.31. The molecule has 0 fully saturated rings. The van der Waals surface area contributed by atoms with Crippen molar-refractivity contribution < 1.29 is 9.84 Å². The predicted molar refractivity (Wildman–Crippen MR) is 95.5 cm³/mol. The fraction of sp³-hybridized carbons (Fsp3) is 0.143. The van der Waals surface area contributed by atoms with Crippen LogP contribution in [0.5, 0.6) is 11.5 Å². The minimum atomic E-state index is 0.302. The first kappa shape index (κ1) is 14.6. The number of anilines is 1. The fourth-order valence-corrected chi connectivity index (χ4v) is 3.06. The lowest BCUT2D eigenvalue weighted by Crippen LogP contribution is -2.31. The Kier molecular flexibility index (Phi) is 3.83. The molecule has 0 bridgehead atoms. The Balaban J connectivity index is 1.55. The highest BCUT2D eigenvalue weighted by Crippen LogP contribution is 2.29. The van der Waals surface area contributed by atoms with Crippen molar-refractivity contribution in [2.24, 2.45) is 0 Å². The topological polar surface area (TPSA) is 32.7 Å². The summed E-state index contributed by atoms with van der Waals surface area (Å²) >= 11 is 0. The van der Waals surface area contributed by atoms with Crippen LogP contribution in [-0.4, -0.2) is 11.8 Å². The summed E-state index contributed by atoms with van der Waals surface area (Å²) in [6, 6.07) is 24.1. The van der Waals surface area contributed by atoms with E-state index in [9.17, 15) is 5.11 Å². The van der Waals surface area contributed by atoms with E-state index >= 15 is 0 Å². The zero-order chi connectivity index (χ0) is 16.4. The first-order chi connectivity index (χ1) is 11.8. The number of aromatic hydroxyl groups is 1. The molecule has 24 heavy (non-hydrogen) atoms. The van der Waals surface area contributed by atoms with Crippen LogP contribution in [0.2, 0.25) is 0 Å². The van der Waals surface area contributed by atoms with Gasteiger partial charge in [-0.25, -0.2) is 0 Å². The van der Waals surface area contributed by atoms with Crippen LogP contribution in [0.4, 0.5) is 5.69 Å². The second kappa shape index (κ2) is 6.28. The summed E-state index contributed by atoms with van der Waals surface area (Å²) < 4.78 is 5.90. The van der Waals surface area contributed by atoms with Crippen molar-refractivity contribution in [2.45, 2.75) is 13.0 Å². The van der Waals surface area contributed by atoms with Crippen molar-refractivity contribution >= 4 is 5.69 Å². The van der Waals surface area contributed by atoms with Gasteiger partial charge in [-0.1, -0.05) is 36.4 Å². The van der Waals surface area contributed by atoms with Gasteiger partial charge in [-0.2, -0.15) is 0 Å². The summed E-state index contributed by atoms with van der Waals surface area (Å²) in [4.78, 5) is 2.23. The van der Waals surface area contributed by atoms with Crippen LogP contribution in [0, 0.1) is 0 Å². The van der Waals surface area contributed by atoms with Gasteiger partial charge in [0.1, 0.15) is 11.5 Å². The number of ether oxygens (including phenoxy) is 1. The summed E-state index contributed by atoms with van der Waals surface area (Å²) in [6.07, 6.45) is 0.846. The number of hydrogen-bond acceptors (Lipinski definition) is 3. The zero-order valence-electron chi connectivity index (χ0n) is 13.4. The van der Waals surface area contributed by atoms with Crippen LogP contribution >= 0.6 is 0 Å². The van der Waals surface area contributed by atoms with Crippen molar-refractivity contribution in [3.8, 4) is 11.5 Å². The molecule has 1 aliphatic rings. The van der Waals surface area contributed by atoms with E-state index in [-0.39, 0.29) is 0 Å². The van der Waals surface area contributed by atoms with E-state index in [2.05, 4.69) is 35.2 Å². The standard InChI is InChI=1S/C21H19NO2/c23-20-9-6-16(7-10-20)12-17-8-11-21-18(13-17)14-22(15-24-21)19-4-2-1-3-5-19/h1-11,13,23H,12,14-15H2. The summed E-state index contributed by atoms with van der Waals surface area (Å²) in [5.74, 6) is 1.27. The first-order valence-electron chi connectivity index (χ1n) is 8.10. The van der Waals surface area contributed by atoms with Gasteiger partial charge in [-0.05, 0) is 53.9 Å². The molecule has 4 rings (SSSR count). The van der Waals surface area contributed by atoms with Crippen LogP contribution in [0.1, 0.15) is 16.7 Å². The average molecular weight is 317 g/mol. The highest BCUT2D eigenvalue weighted by molar-refractivity contribution is 5.50. The molecule has 0 aromatic heterocycles. The normalized spacial score (nSPS) is 13.2. The third-order valence-corrected chi connectivity index (χ3v) is 4.33. The number of para-hydroxylation sites is 1. The van der Waals surface area contributed by atoms with Gasteiger partial charge in [0.2, 0.25) is 0 Å². The number of benzene rings is 3. The molecule has 3 heteroatoms. The van der Waals surface area contributed by atoms with Crippen molar-refractivity contribution in [2.75, 3.05) is 11.6 Å². The lowest BCUT2D eigenvalue weighted by molar-refractivity contribution is 0.289. The van der Waals surface area contributed by atoms with E-state index in [4.69, 9.17) is 4.74 Å². The Hall–Kier alpha value is -2.94. The second-order valence-corrected chi connectivity index (χ2v) is 6.09. The molecular weight excluding hydrogens is 298 g/mol. The van der Waals surface area contributed by atoms with E-state index in [0.29, 0.717) is 12.5 Å². The molecular formula is C21H19NO2. The zero-order valence-corrected chi connectivity index (χ0v) is 13.4. The smallest absolute Gasteiger partial charge is 0.161 e. The van der Waals surface area contributed by atoms with Crippen molar-refractivity contribution in [3.05, 3.63) is 89.5 Å². The SMILES string of the molecule is Oc1ccc(Cc2ccc3c(c2)CN(c2ccccc2)CO3)cc1. The molecule has 0 radical (unpaired) electrons. The maximum Gasteiger partial charge on any atom is 0.161 e. The minimum Gasteiger partial charge on any atom is -0.508 e. The lowest BCUT2D eigenvalue weighted by atomic mass is 10.0. The number of hydrogen-bond donors (Lipinski definition) is 1. The molecule has 0 spiro atoms. The molecule has 1 heterocycles. The number of rotatable bonds is 3. The van der Waals surface area contributed by atoms with Crippen molar-refractivity contribution in [3.63, 3.8) is 0 Å². The van der Waals surface area contributed by atoms with E-state index in [1.165, 1.54) is 22.4 Å². The van der Waals surface area contributed by atoms with Gasteiger partial charge < -0.3 is 14.7 Å². The second-order valence-electron chi connectivity index (χ2n) is 6.09. The molecule has 1 aliphatic heterocycles. The van der Waals surface area contributed by atoms with Gasteiger partial charge in [0.25, 0.3) is 0 Å². The van der Waals surface area contributed by atoms with Crippen LogP contribution in [0.3, 0.4) is 0 Å². The quantitative estimate of drug-likeness (QED) is 0.780. The predicted octanol–water partition coefficient (Wildman–Crippen LogP) is 4.34. The summed E-state index contributed by atoms with van der Waals surface area (Å²) in [5, 5.41) is 9.40. The van der Waals surface area contributed by atoms with Crippen LogP contribution < -0.4 is 9.64 Å². The van der Waals surface area contributed by atoms with Gasteiger partial charge in [-0.15, -0.1) is 0 Å². The molecule has 1 N–H and O–H groups in total. The Bertz CT molecular complexity index is 828. The van der Waals surface area contributed by atoms with E-state index < -0.39 is 0 Å². The molecule has 0 aliphatic carbocycles. The van der Waals surface area contributed by atoms with Crippen LogP contribution in [0.25, 0.3) is 0 Å². The largest absolute Gasteiger partial charge is 0.508 e. The van der Waals surface area contributed by atoms with Gasteiger partial charge in [-0.3, -0.25) is 0 Å². The average Bonchev–Trinajstić information content (AvgIpc) is 2.64. The summed E-state index contributed by atoms with van der Waals surface area (Å²) in [5.41, 5.74) is 4.82. The monoisotopic (exact) mass is 317 g/mol. The molecule has 0 atom stereocenters. The summed E-state index contributed by atoms with van der Waals surface area (Å²) in [7, 11) is 0.